The third-order valence-corrected chi connectivity index (χ3v) is 7.11. The minimum atomic E-state index is -0.222. The van der Waals surface area contributed by atoms with Crippen molar-refractivity contribution in [1.82, 2.24) is 19.6 Å². The molecule has 170 valence electrons. The van der Waals surface area contributed by atoms with E-state index in [2.05, 4.69) is 31.4 Å². The van der Waals surface area contributed by atoms with Gasteiger partial charge in [0.2, 0.25) is 0 Å². The number of nitrogens with one attached hydrogen (secondary N) is 1. The number of amides is 1. The Morgan fingerprint density at radius 1 is 1.00 bits per heavy atom. The highest BCUT2D eigenvalue weighted by molar-refractivity contribution is 9.10. The van der Waals surface area contributed by atoms with Crippen molar-refractivity contribution in [2.45, 2.75) is 33.9 Å². The van der Waals surface area contributed by atoms with E-state index in [1.165, 1.54) is 0 Å². The number of benzene rings is 2. The van der Waals surface area contributed by atoms with Gasteiger partial charge in [0.05, 0.1) is 29.0 Å². The second-order valence-electron chi connectivity index (χ2n) is 7.86. The first-order valence-corrected chi connectivity index (χ1v) is 11.8. The van der Waals surface area contributed by atoms with Crippen molar-refractivity contribution in [2.24, 2.45) is 0 Å². The minimum Gasteiger partial charge on any atom is -0.305 e. The maximum atomic E-state index is 12.9. The van der Waals surface area contributed by atoms with Crippen LogP contribution in [-0.2, 0) is 13.1 Å². The number of rotatable bonds is 6. The van der Waals surface area contributed by atoms with Gasteiger partial charge in [-0.05, 0) is 72.1 Å². The topological polar surface area (TPSA) is 64.7 Å². The van der Waals surface area contributed by atoms with Gasteiger partial charge < -0.3 is 5.32 Å². The van der Waals surface area contributed by atoms with Gasteiger partial charge in [0, 0.05) is 27.4 Å². The molecule has 0 atom stereocenters. The van der Waals surface area contributed by atoms with Crippen LogP contribution in [0.25, 0.3) is 0 Å². The van der Waals surface area contributed by atoms with Crippen molar-refractivity contribution in [2.75, 3.05) is 5.32 Å². The Morgan fingerprint density at radius 2 is 1.79 bits per heavy atom. The summed E-state index contributed by atoms with van der Waals surface area (Å²) in [6.45, 7) is 6.95. The summed E-state index contributed by atoms with van der Waals surface area (Å²) in [5.41, 5.74) is 5.33. The van der Waals surface area contributed by atoms with E-state index in [4.69, 9.17) is 23.2 Å². The van der Waals surface area contributed by atoms with Gasteiger partial charge in [-0.25, -0.2) is 0 Å². The molecule has 0 bridgehead atoms. The molecule has 4 aromatic rings. The molecular formula is C24H22BrCl2N5O. The molecule has 2 aromatic heterocycles. The molecule has 0 aliphatic heterocycles. The lowest BCUT2D eigenvalue weighted by molar-refractivity contribution is 0.102. The SMILES string of the molecule is Cc1nn(Cc2cccc(C(=O)Nc3cc(C)n(Cc4ccc(Cl)cc4Cl)n3)c2)c(C)c1Br. The number of nitrogens with zero attached hydrogens (tertiary/aromatic N) is 4. The van der Waals surface area contributed by atoms with Gasteiger partial charge in [-0.3, -0.25) is 14.2 Å². The zero-order chi connectivity index (χ0) is 23.7. The first-order chi connectivity index (χ1) is 15.7. The summed E-state index contributed by atoms with van der Waals surface area (Å²) in [5, 5.41) is 13.1. The monoisotopic (exact) mass is 545 g/mol. The molecule has 1 amide bonds. The van der Waals surface area contributed by atoms with Gasteiger partial charge in [0.25, 0.3) is 5.91 Å². The number of carbonyl (C=O) groups excluding carboxylic acids is 1. The van der Waals surface area contributed by atoms with Crippen molar-refractivity contribution < 1.29 is 4.79 Å². The van der Waals surface area contributed by atoms with Crippen molar-refractivity contribution in [3.8, 4) is 0 Å². The lowest BCUT2D eigenvalue weighted by Crippen LogP contribution is -2.14. The van der Waals surface area contributed by atoms with Crippen LogP contribution in [0.1, 0.15) is 38.6 Å². The number of halogens is 3. The quantitative estimate of drug-likeness (QED) is 0.303. The van der Waals surface area contributed by atoms with Crippen LogP contribution in [0.5, 0.6) is 0 Å². The van der Waals surface area contributed by atoms with Crippen LogP contribution in [0.15, 0.2) is 53.0 Å². The van der Waals surface area contributed by atoms with Crippen LogP contribution in [0, 0.1) is 20.8 Å². The highest BCUT2D eigenvalue weighted by atomic mass is 79.9. The average Bonchev–Trinajstić information content (AvgIpc) is 3.23. The van der Waals surface area contributed by atoms with E-state index in [1.54, 1.807) is 22.9 Å². The van der Waals surface area contributed by atoms with Crippen molar-refractivity contribution in [3.05, 3.63) is 96.8 Å². The van der Waals surface area contributed by atoms with E-state index in [0.29, 0.717) is 34.5 Å². The van der Waals surface area contributed by atoms with E-state index in [-0.39, 0.29) is 5.91 Å². The molecule has 4 rings (SSSR count). The number of aryl methyl sites for hydroxylation is 2. The molecule has 9 heteroatoms. The van der Waals surface area contributed by atoms with E-state index >= 15 is 0 Å². The molecule has 2 heterocycles. The number of hydrogen-bond donors (Lipinski definition) is 1. The molecule has 33 heavy (non-hydrogen) atoms. The molecule has 0 unspecified atom stereocenters. The Kier molecular flexibility index (Phi) is 6.93. The molecule has 0 spiro atoms. The maximum absolute atomic E-state index is 12.9. The van der Waals surface area contributed by atoms with Gasteiger partial charge in [-0.15, -0.1) is 0 Å². The van der Waals surface area contributed by atoms with Gasteiger partial charge in [0.1, 0.15) is 0 Å². The Hall–Kier alpha value is -2.61. The van der Waals surface area contributed by atoms with Gasteiger partial charge >= 0.3 is 0 Å². The van der Waals surface area contributed by atoms with Crippen LogP contribution >= 0.6 is 39.1 Å². The summed E-state index contributed by atoms with van der Waals surface area (Å²) in [5.74, 6) is 0.260. The van der Waals surface area contributed by atoms with E-state index in [0.717, 1.165) is 32.7 Å². The smallest absolute Gasteiger partial charge is 0.256 e. The summed E-state index contributed by atoms with van der Waals surface area (Å²) in [6.07, 6.45) is 0. The lowest BCUT2D eigenvalue weighted by atomic mass is 10.1. The number of anilines is 1. The molecule has 0 aliphatic carbocycles. The Labute approximate surface area is 210 Å². The van der Waals surface area contributed by atoms with E-state index in [1.807, 2.05) is 55.8 Å². The Bertz CT molecular complexity index is 1340. The van der Waals surface area contributed by atoms with Crippen molar-refractivity contribution in [3.63, 3.8) is 0 Å². The van der Waals surface area contributed by atoms with Crippen LogP contribution in [0.3, 0.4) is 0 Å². The van der Waals surface area contributed by atoms with Crippen LogP contribution in [0.2, 0.25) is 10.0 Å². The zero-order valence-corrected chi connectivity index (χ0v) is 21.5. The largest absolute Gasteiger partial charge is 0.305 e. The first kappa shape index (κ1) is 23.5. The molecule has 0 saturated carbocycles. The highest BCUT2D eigenvalue weighted by Crippen LogP contribution is 2.23. The van der Waals surface area contributed by atoms with Crippen LogP contribution in [-0.4, -0.2) is 25.5 Å². The fraction of sp³-hybridized carbons (Fsp3) is 0.208. The standard InChI is InChI=1S/C24H22BrCl2N5O/c1-14-9-22(30-31(14)13-19-7-8-20(26)11-21(19)27)28-24(33)18-6-4-5-17(10-18)12-32-16(3)23(25)15(2)29-32/h4-11H,12-13H2,1-3H3,(H,28,30,33). The molecule has 0 aliphatic rings. The predicted octanol–water partition coefficient (Wildman–Crippen LogP) is 6.42. The summed E-state index contributed by atoms with van der Waals surface area (Å²) in [7, 11) is 0. The molecule has 6 nitrogen and oxygen atoms in total. The molecule has 2 aromatic carbocycles. The maximum Gasteiger partial charge on any atom is 0.256 e. The lowest BCUT2D eigenvalue weighted by Gasteiger charge is -2.08. The summed E-state index contributed by atoms with van der Waals surface area (Å²) >= 11 is 15.8. The Morgan fingerprint density at radius 3 is 2.48 bits per heavy atom. The molecule has 0 fully saturated rings. The second-order valence-corrected chi connectivity index (χ2v) is 9.50. The number of hydrogen-bond acceptors (Lipinski definition) is 3. The summed E-state index contributed by atoms with van der Waals surface area (Å²) in [4.78, 5) is 12.9. The molecule has 0 saturated heterocycles. The van der Waals surface area contributed by atoms with Gasteiger partial charge in [0.15, 0.2) is 5.82 Å². The van der Waals surface area contributed by atoms with E-state index < -0.39 is 0 Å². The molecular weight excluding hydrogens is 525 g/mol. The van der Waals surface area contributed by atoms with Gasteiger partial charge in [-0.2, -0.15) is 10.2 Å². The Balaban J connectivity index is 1.48. The van der Waals surface area contributed by atoms with Crippen molar-refractivity contribution in [1.29, 1.82) is 0 Å². The zero-order valence-electron chi connectivity index (χ0n) is 18.4. The third-order valence-electron chi connectivity index (χ3n) is 5.37. The van der Waals surface area contributed by atoms with Crippen LogP contribution in [0.4, 0.5) is 5.82 Å². The summed E-state index contributed by atoms with van der Waals surface area (Å²) < 4.78 is 4.72. The van der Waals surface area contributed by atoms with Crippen LogP contribution < -0.4 is 5.32 Å². The fourth-order valence-electron chi connectivity index (χ4n) is 3.54. The molecule has 1 N–H and O–H groups in total. The predicted molar refractivity (Wildman–Crippen MR) is 135 cm³/mol. The number of aromatic nitrogens is 4. The van der Waals surface area contributed by atoms with Gasteiger partial charge in [-0.1, -0.05) is 41.4 Å². The normalized spacial score (nSPS) is 11.1. The first-order valence-electron chi connectivity index (χ1n) is 10.3. The molecule has 0 radical (unpaired) electrons. The average molecular weight is 547 g/mol. The van der Waals surface area contributed by atoms with E-state index in [9.17, 15) is 4.79 Å². The summed E-state index contributed by atoms with van der Waals surface area (Å²) in [6, 6.07) is 14.7. The number of carbonyl (C=O) groups is 1. The van der Waals surface area contributed by atoms with Crippen molar-refractivity contribution >= 4 is 50.9 Å². The highest BCUT2D eigenvalue weighted by Gasteiger charge is 2.13. The minimum absolute atomic E-state index is 0.222. The fourth-order valence-corrected chi connectivity index (χ4v) is 4.30. The second kappa shape index (κ2) is 9.71. The third kappa shape index (κ3) is 5.32.